The number of rotatable bonds is 9. The van der Waals surface area contributed by atoms with Crippen LogP contribution >= 0.6 is 24.0 Å². The first-order valence-electron chi connectivity index (χ1n) is 10.1. The van der Waals surface area contributed by atoms with Crippen molar-refractivity contribution in [1.29, 1.82) is 0 Å². The van der Waals surface area contributed by atoms with E-state index in [1.807, 2.05) is 13.1 Å². The maximum atomic E-state index is 5.76. The lowest BCUT2D eigenvalue weighted by Crippen LogP contribution is -2.44. The average Bonchev–Trinajstić information content (AvgIpc) is 2.68. The summed E-state index contributed by atoms with van der Waals surface area (Å²) < 4.78 is 5.76. The maximum absolute atomic E-state index is 5.76. The molecular weight excluding hydrogens is 451 g/mol. The molecule has 0 amide bonds. The predicted octanol–water partition coefficient (Wildman–Crippen LogP) is 3.85. The number of nitrogens with zero attached hydrogens (tertiary/aromatic N) is 2. The van der Waals surface area contributed by atoms with Gasteiger partial charge in [0.05, 0.1) is 6.61 Å². The largest absolute Gasteiger partial charge is 0.493 e. The fraction of sp³-hybridized carbons (Fsp3) is 0.667. The highest BCUT2D eigenvalue weighted by atomic mass is 127. The Kier molecular flexibility index (Phi) is 11.7. The van der Waals surface area contributed by atoms with Gasteiger partial charge in [0.2, 0.25) is 0 Å². The van der Waals surface area contributed by atoms with E-state index in [1.54, 1.807) is 0 Å². The van der Waals surface area contributed by atoms with E-state index in [0.29, 0.717) is 12.0 Å². The molecule has 2 unspecified atom stereocenters. The summed E-state index contributed by atoms with van der Waals surface area (Å²) in [6.07, 6.45) is 3.40. The van der Waals surface area contributed by atoms with Crippen LogP contribution in [0.5, 0.6) is 5.75 Å². The molecular formula is C21H37IN4O. The second kappa shape index (κ2) is 13.2. The molecule has 1 heterocycles. The van der Waals surface area contributed by atoms with Crippen LogP contribution in [0.3, 0.4) is 0 Å². The number of ether oxygens (including phenoxy) is 1. The van der Waals surface area contributed by atoms with Gasteiger partial charge >= 0.3 is 0 Å². The van der Waals surface area contributed by atoms with Crippen molar-refractivity contribution < 1.29 is 4.74 Å². The second-order valence-corrected chi connectivity index (χ2v) is 7.04. The van der Waals surface area contributed by atoms with Crippen LogP contribution in [0.15, 0.2) is 29.3 Å². The van der Waals surface area contributed by atoms with Gasteiger partial charge in [-0.25, -0.2) is 0 Å². The van der Waals surface area contributed by atoms with Crippen molar-refractivity contribution in [2.75, 3.05) is 39.8 Å². The number of nitrogens with one attached hydrogen (secondary N) is 2. The fourth-order valence-corrected chi connectivity index (χ4v) is 3.51. The molecule has 6 heteroatoms. The van der Waals surface area contributed by atoms with E-state index < -0.39 is 0 Å². The van der Waals surface area contributed by atoms with E-state index in [4.69, 9.17) is 4.74 Å². The molecule has 1 aromatic rings. The summed E-state index contributed by atoms with van der Waals surface area (Å²) in [5.41, 5.74) is 1.30. The first kappa shape index (κ1) is 24.0. The van der Waals surface area contributed by atoms with Gasteiger partial charge in [-0.15, -0.1) is 24.0 Å². The standard InChI is InChI=1S/C21H36N4O.HI/c1-5-25(6-2)14-9-10-17(3)24-21(22-4)23-16-18-13-15-26-20-12-8-7-11-19(18)20;/h7-8,11-12,17-18H,5-6,9-10,13-16H2,1-4H3,(H2,22,23,24);1H. The number of halogens is 1. The van der Waals surface area contributed by atoms with E-state index in [9.17, 15) is 0 Å². The molecule has 0 saturated carbocycles. The third-order valence-electron chi connectivity index (χ3n) is 5.21. The minimum Gasteiger partial charge on any atom is -0.493 e. The van der Waals surface area contributed by atoms with Gasteiger partial charge in [0.25, 0.3) is 0 Å². The lowest BCUT2D eigenvalue weighted by atomic mass is 9.93. The summed E-state index contributed by atoms with van der Waals surface area (Å²) in [6, 6.07) is 8.78. The molecule has 27 heavy (non-hydrogen) atoms. The molecule has 1 aromatic carbocycles. The minimum absolute atomic E-state index is 0. The third-order valence-corrected chi connectivity index (χ3v) is 5.21. The van der Waals surface area contributed by atoms with E-state index in [2.05, 4.69) is 59.5 Å². The van der Waals surface area contributed by atoms with Crippen molar-refractivity contribution in [3.8, 4) is 5.75 Å². The number of hydrogen-bond donors (Lipinski definition) is 2. The van der Waals surface area contributed by atoms with Crippen LogP contribution in [-0.4, -0.2) is 56.7 Å². The summed E-state index contributed by atoms with van der Waals surface area (Å²) in [4.78, 5) is 6.87. The molecule has 2 N–H and O–H groups in total. The monoisotopic (exact) mass is 488 g/mol. The zero-order valence-corrected chi connectivity index (χ0v) is 19.7. The van der Waals surface area contributed by atoms with E-state index in [-0.39, 0.29) is 24.0 Å². The normalized spacial score (nSPS) is 17.5. The number of aliphatic imine (C=N–C) groups is 1. The molecule has 5 nitrogen and oxygen atoms in total. The Labute approximate surface area is 182 Å². The minimum atomic E-state index is 0. The first-order valence-corrected chi connectivity index (χ1v) is 10.1. The first-order chi connectivity index (χ1) is 12.7. The molecule has 0 aromatic heterocycles. The molecule has 0 fully saturated rings. The maximum Gasteiger partial charge on any atom is 0.191 e. The molecule has 154 valence electrons. The van der Waals surface area contributed by atoms with E-state index in [0.717, 1.165) is 50.8 Å². The lowest BCUT2D eigenvalue weighted by molar-refractivity contribution is 0.267. The van der Waals surface area contributed by atoms with E-state index >= 15 is 0 Å². The fourth-order valence-electron chi connectivity index (χ4n) is 3.51. The second-order valence-electron chi connectivity index (χ2n) is 7.04. The molecule has 0 bridgehead atoms. The van der Waals surface area contributed by atoms with Gasteiger partial charge in [0, 0.05) is 25.6 Å². The van der Waals surface area contributed by atoms with E-state index in [1.165, 1.54) is 18.5 Å². The molecule has 1 aliphatic rings. The van der Waals surface area contributed by atoms with Crippen molar-refractivity contribution in [3.63, 3.8) is 0 Å². The number of para-hydroxylation sites is 1. The summed E-state index contributed by atoms with van der Waals surface area (Å²) >= 11 is 0. The smallest absolute Gasteiger partial charge is 0.191 e. The van der Waals surface area contributed by atoms with Crippen LogP contribution in [0.2, 0.25) is 0 Å². The molecule has 2 rings (SSSR count). The molecule has 0 saturated heterocycles. The Morgan fingerprint density at radius 2 is 2.04 bits per heavy atom. The Balaban J connectivity index is 0.00000364. The molecule has 2 atom stereocenters. The summed E-state index contributed by atoms with van der Waals surface area (Å²) in [7, 11) is 1.84. The number of hydrogen-bond acceptors (Lipinski definition) is 3. The van der Waals surface area contributed by atoms with Crippen LogP contribution in [-0.2, 0) is 0 Å². The van der Waals surface area contributed by atoms with Crippen LogP contribution in [0.4, 0.5) is 0 Å². The Morgan fingerprint density at radius 1 is 1.30 bits per heavy atom. The van der Waals surface area contributed by atoms with Crippen molar-refractivity contribution in [1.82, 2.24) is 15.5 Å². The summed E-state index contributed by atoms with van der Waals surface area (Å²) in [6.45, 7) is 11.8. The third kappa shape index (κ3) is 7.86. The number of fused-ring (bicyclic) bond motifs is 1. The molecule has 0 radical (unpaired) electrons. The molecule has 0 aliphatic carbocycles. The number of guanidine groups is 1. The zero-order chi connectivity index (χ0) is 18.8. The van der Waals surface area contributed by atoms with Crippen molar-refractivity contribution in [2.24, 2.45) is 4.99 Å². The topological polar surface area (TPSA) is 48.9 Å². The lowest BCUT2D eigenvalue weighted by Gasteiger charge is -2.27. The highest BCUT2D eigenvalue weighted by Crippen LogP contribution is 2.32. The molecule has 1 aliphatic heterocycles. The average molecular weight is 488 g/mol. The van der Waals surface area contributed by atoms with Gasteiger partial charge in [-0.3, -0.25) is 4.99 Å². The quantitative estimate of drug-likeness (QED) is 0.315. The highest BCUT2D eigenvalue weighted by Gasteiger charge is 2.21. The zero-order valence-electron chi connectivity index (χ0n) is 17.3. The van der Waals surface area contributed by atoms with Gasteiger partial charge in [-0.1, -0.05) is 32.0 Å². The SMILES string of the molecule is CCN(CC)CCCC(C)NC(=NC)NCC1CCOc2ccccc21.I. The molecule has 0 spiro atoms. The van der Waals surface area contributed by atoms with Crippen LogP contribution < -0.4 is 15.4 Å². The van der Waals surface area contributed by atoms with Crippen molar-refractivity contribution in [3.05, 3.63) is 29.8 Å². The van der Waals surface area contributed by atoms with Gasteiger partial charge in [0.1, 0.15) is 5.75 Å². The van der Waals surface area contributed by atoms with Crippen molar-refractivity contribution >= 4 is 29.9 Å². The Bertz CT molecular complexity index is 563. The van der Waals surface area contributed by atoms with Crippen LogP contribution in [0, 0.1) is 0 Å². The van der Waals surface area contributed by atoms with Crippen LogP contribution in [0.1, 0.15) is 51.5 Å². The van der Waals surface area contributed by atoms with Crippen LogP contribution in [0.25, 0.3) is 0 Å². The Hall–Kier alpha value is -1.02. The van der Waals surface area contributed by atoms with Gasteiger partial charge < -0.3 is 20.3 Å². The Morgan fingerprint density at radius 3 is 2.74 bits per heavy atom. The van der Waals surface area contributed by atoms with Gasteiger partial charge in [0.15, 0.2) is 5.96 Å². The summed E-state index contributed by atoms with van der Waals surface area (Å²) in [5.74, 6) is 2.39. The van der Waals surface area contributed by atoms with Gasteiger partial charge in [-0.05, 0) is 57.5 Å². The summed E-state index contributed by atoms with van der Waals surface area (Å²) in [5, 5.41) is 7.03. The predicted molar refractivity (Wildman–Crippen MR) is 126 cm³/mol. The highest BCUT2D eigenvalue weighted by molar-refractivity contribution is 14.0. The number of benzene rings is 1. The van der Waals surface area contributed by atoms with Gasteiger partial charge in [-0.2, -0.15) is 0 Å². The van der Waals surface area contributed by atoms with Crippen molar-refractivity contribution in [2.45, 2.75) is 52.0 Å².